The van der Waals surface area contributed by atoms with E-state index in [0.717, 1.165) is 0 Å². The maximum atomic E-state index is 13.0. The first-order valence-electron chi connectivity index (χ1n) is 8.25. The van der Waals surface area contributed by atoms with E-state index in [1.54, 1.807) is 23.1 Å². The van der Waals surface area contributed by atoms with Gasteiger partial charge in [-0.3, -0.25) is 9.59 Å². The highest BCUT2D eigenvalue weighted by atomic mass is 35.5. The molecule has 0 saturated carbocycles. The van der Waals surface area contributed by atoms with Gasteiger partial charge in [-0.15, -0.1) is 0 Å². The molecule has 136 valence electrons. The van der Waals surface area contributed by atoms with Gasteiger partial charge in [-0.2, -0.15) is 0 Å². The number of hydrogen-bond donors (Lipinski definition) is 1. The van der Waals surface area contributed by atoms with E-state index in [4.69, 9.17) is 23.2 Å². The number of amides is 2. The van der Waals surface area contributed by atoms with Crippen LogP contribution in [-0.4, -0.2) is 29.8 Å². The first-order chi connectivity index (χ1) is 12.4. The molecule has 0 aromatic heterocycles. The number of likely N-dealkylation sites (tertiary alicyclic amines) is 1. The third kappa shape index (κ3) is 4.34. The van der Waals surface area contributed by atoms with Gasteiger partial charge in [0.2, 0.25) is 5.91 Å². The van der Waals surface area contributed by atoms with Crippen molar-refractivity contribution < 1.29 is 14.0 Å². The largest absolute Gasteiger partial charge is 0.339 e. The normalized spacial score (nSPS) is 15.0. The molecule has 0 bridgehead atoms. The maximum Gasteiger partial charge on any atom is 0.253 e. The summed E-state index contributed by atoms with van der Waals surface area (Å²) >= 11 is 12.0. The fourth-order valence-corrected chi connectivity index (χ4v) is 3.28. The van der Waals surface area contributed by atoms with Gasteiger partial charge in [-0.05, 0) is 55.3 Å². The molecule has 1 saturated heterocycles. The molecule has 1 N–H and O–H groups in total. The van der Waals surface area contributed by atoms with Crippen molar-refractivity contribution in [3.05, 3.63) is 63.9 Å². The summed E-state index contributed by atoms with van der Waals surface area (Å²) < 4.78 is 13.0. The smallest absolute Gasteiger partial charge is 0.253 e. The SMILES string of the molecule is O=C(Nc1cc(Cl)ccc1Cl)C1CCN(C(=O)c2ccc(F)cc2)CC1. The fourth-order valence-electron chi connectivity index (χ4n) is 2.95. The van der Waals surface area contributed by atoms with Crippen molar-refractivity contribution in [1.29, 1.82) is 0 Å². The predicted molar refractivity (Wildman–Crippen MR) is 100 cm³/mol. The van der Waals surface area contributed by atoms with Gasteiger partial charge in [0.25, 0.3) is 5.91 Å². The average Bonchev–Trinajstić information content (AvgIpc) is 2.65. The molecule has 1 fully saturated rings. The predicted octanol–water partition coefficient (Wildman–Crippen LogP) is 4.62. The number of rotatable bonds is 3. The fraction of sp³-hybridized carbons (Fsp3) is 0.263. The van der Waals surface area contributed by atoms with Crippen LogP contribution in [0.3, 0.4) is 0 Å². The summed E-state index contributed by atoms with van der Waals surface area (Å²) in [6, 6.07) is 10.4. The van der Waals surface area contributed by atoms with Gasteiger partial charge in [-0.1, -0.05) is 23.2 Å². The number of carbonyl (C=O) groups excluding carboxylic acids is 2. The lowest BCUT2D eigenvalue weighted by atomic mass is 9.95. The van der Waals surface area contributed by atoms with Gasteiger partial charge in [0.05, 0.1) is 10.7 Å². The van der Waals surface area contributed by atoms with E-state index < -0.39 is 0 Å². The van der Waals surface area contributed by atoms with Gasteiger partial charge in [0.15, 0.2) is 0 Å². The number of benzene rings is 2. The molecule has 1 heterocycles. The van der Waals surface area contributed by atoms with Crippen LogP contribution in [0.4, 0.5) is 10.1 Å². The summed E-state index contributed by atoms with van der Waals surface area (Å²) in [5.74, 6) is -0.872. The second-order valence-electron chi connectivity index (χ2n) is 6.19. The zero-order chi connectivity index (χ0) is 18.7. The molecule has 26 heavy (non-hydrogen) atoms. The Morgan fingerprint density at radius 2 is 1.69 bits per heavy atom. The van der Waals surface area contributed by atoms with Gasteiger partial charge < -0.3 is 10.2 Å². The minimum absolute atomic E-state index is 0.136. The van der Waals surface area contributed by atoms with Crippen molar-refractivity contribution in [3.63, 3.8) is 0 Å². The van der Waals surface area contributed by atoms with Crippen LogP contribution in [0.5, 0.6) is 0 Å². The molecule has 4 nitrogen and oxygen atoms in total. The Balaban J connectivity index is 1.57. The number of piperidine rings is 1. The van der Waals surface area contributed by atoms with Gasteiger partial charge >= 0.3 is 0 Å². The zero-order valence-corrected chi connectivity index (χ0v) is 15.4. The van der Waals surface area contributed by atoms with Gasteiger partial charge in [-0.25, -0.2) is 4.39 Å². The highest BCUT2D eigenvalue weighted by Gasteiger charge is 2.28. The molecular formula is C19H17Cl2FN2O2. The van der Waals surface area contributed by atoms with Crippen molar-refractivity contribution in [1.82, 2.24) is 4.90 Å². The number of carbonyl (C=O) groups is 2. The Kier molecular flexibility index (Phi) is 5.79. The van der Waals surface area contributed by atoms with E-state index >= 15 is 0 Å². The number of hydrogen-bond acceptors (Lipinski definition) is 2. The van der Waals surface area contributed by atoms with Crippen molar-refractivity contribution in [3.8, 4) is 0 Å². The third-order valence-electron chi connectivity index (χ3n) is 4.43. The third-order valence-corrected chi connectivity index (χ3v) is 5.00. The van der Waals surface area contributed by atoms with Crippen LogP contribution in [-0.2, 0) is 4.79 Å². The van der Waals surface area contributed by atoms with Crippen LogP contribution in [0.2, 0.25) is 10.0 Å². The summed E-state index contributed by atoms with van der Waals surface area (Å²) in [5, 5.41) is 3.72. The van der Waals surface area contributed by atoms with Crippen molar-refractivity contribution in [2.45, 2.75) is 12.8 Å². The summed E-state index contributed by atoms with van der Waals surface area (Å²) in [6.45, 7) is 0.940. The van der Waals surface area contributed by atoms with Gasteiger partial charge in [0.1, 0.15) is 5.82 Å². The summed E-state index contributed by atoms with van der Waals surface area (Å²) in [5.41, 5.74) is 0.925. The van der Waals surface area contributed by atoms with Gasteiger partial charge in [0, 0.05) is 29.6 Å². The van der Waals surface area contributed by atoms with Crippen molar-refractivity contribution >= 4 is 40.7 Å². The van der Waals surface area contributed by atoms with E-state index in [9.17, 15) is 14.0 Å². The molecule has 0 spiro atoms. The lowest BCUT2D eigenvalue weighted by Crippen LogP contribution is -2.41. The van der Waals surface area contributed by atoms with E-state index in [0.29, 0.717) is 47.2 Å². The van der Waals surface area contributed by atoms with Crippen LogP contribution in [0.25, 0.3) is 0 Å². The molecule has 2 aromatic carbocycles. The van der Waals surface area contributed by atoms with Crippen molar-refractivity contribution in [2.75, 3.05) is 18.4 Å². The summed E-state index contributed by atoms with van der Waals surface area (Å²) in [6.07, 6.45) is 1.11. The van der Waals surface area contributed by atoms with E-state index in [1.807, 2.05) is 0 Å². The van der Waals surface area contributed by atoms with E-state index in [2.05, 4.69) is 5.32 Å². The second-order valence-corrected chi connectivity index (χ2v) is 7.03. The number of anilines is 1. The Morgan fingerprint density at radius 3 is 2.35 bits per heavy atom. The molecule has 0 aliphatic carbocycles. The standard InChI is InChI=1S/C19H17Cl2FN2O2/c20-14-3-6-16(21)17(11-14)23-18(25)12-7-9-24(10-8-12)19(26)13-1-4-15(22)5-2-13/h1-6,11-12H,7-10H2,(H,23,25). The molecule has 0 atom stereocenters. The molecule has 1 aliphatic rings. The number of nitrogens with zero attached hydrogens (tertiary/aromatic N) is 1. The minimum Gasteiger partial charge on any atom is -0.339 e. The topological polar surface area (TPSA) is 49.4 Å². The van der Waals surface area contributed by atoms with Crippen LogP contribution >= 0.6 is 23.2 Å². The molecule has 3 rings (SSSR count). The zero-order valence-electron chi connectivity index (χ0n) is 13.8. The first-order valence-corrected chi connectivity index (χ1v) is 9.00. The monoisotopic (exact) mass is 394 g/mol. The molecule has 0 radical (unpaired) electrons. The quantitative estimate of drug-likeness (QED) is 0.825. The molecule has 7 heteroatoms. The van der Waals surface area contributed by atoms with Crippen LogP contribution in [0.1, 0.15) is 23.2 Å². The molecule has 2 amide bonds. The Labute approximate surface area is 160 Å². The average molecular weight is 395 g/mol. The lowest BCUT2D eigenvalue weighted by molar-refractivity contribution is -0.121. The molecular weight excluding hydrogens is 378 g/mol. The summed E-state index contributed by atoms with van der Waals surface area (Å²) in [4.78, 5) is 26.6. The summed E-state index contributed by atoms with van der Waals surface area (Å²) in [7, 11) is 0. The maximum absolute atomic E-state index is 13.0. The van der Waals surface area contributed by atoms with Crippen LogP contribution < -0.4 is 5.32 Å². The van der Waals surface area contributed by atoms with Crippen LogP contribution in [0.15, 0.2) is 42.5 Å². The van der Waals surface area contributed by atoms with E-state index in [-0.39, 0.29) is 23.5 Å². The lowest BCUT2D eigenvalue weighted by Gasteiger charge is -2.31. The van der Waals surface area contributed by atoms with E-state index in [1.165, 1.54) is 24.3 Å². The Morgan fingerprint density at radius 1 is 1.04 bits per heavy atom. The van der Waals surface area contributed by atoms with Crippen molar-refractivity contribution in [2.24, 2.45) is 5.92 Å². The highest BCUT2D eigenvalue weighted by Crippen LogP contribution is 2.27. The molecule has 1 aliphatic heterocycles. The molecule has 0 unspecified atom stereocenters. The highest BCUT2D eigenvalue weighted by molar-refractivity contribution is 6.35. The minimum atomic E-state index is -0.378. The first kappa shape index (κ1) is 18.7. The second kappa shape index (κ2) is 8.06. The number of nitrogens with one attached hydrogen (secondary N) is 1. The Bertz CT molecular complexity index is 819. The van der Waals surface area contributed by atoms with Crippen LogP contribution in [0, 0.1) is 11.7 Å². The molecule has 2 aromatic rings. The number of halogens is 3. The Hall–Kier alpha value is -2.11.